The molecule has 0 amide bonds. The molecule has 0 spiro atoms. The summed E-state index contributed by atoms with van der Waals surface area (Å²) in [7, 11) is 0. The molecule has 0 atom stereocenters. The Morgan fingerprint density at radius 2 is 0.912 bits per heavy atom. The Bertz CT molecular complexity index is 2700. The predicted octanol–water partition coefficient (Wildman–Crippen LogP) is 10.3. The minimum Gasteiger partial charge on any atom is -0.398 e. The standard InChI is InChI=1S/C49H52N8/c1-32-26-43-46(29-38(32)50)56(36-18-12-10-13-19-36)48-31-42(34(3)28-45(48)55-43)53-25-17-9-7-5-6-8-16-24-52-40-22-23-41-49(35(40)4)57(37-20-14-11-15-21-37)47-30-39(51)33(2)27-44(47)54-41/h10-15,18-23,26-31H,5-9,16-17,24-25H2,1-4H3,(H4,50,51,52,53)/p+2. The van der Waals surface area contributed by atoms with E-state index in [1.807, 2.05) is 13.8 Å². The van der Waals surface area contributed by atoms with E-state index in [0.29, 0.717) is 0 Å². The minimum atomic E-state index is 0.775. The molecule has 2 aromatic heterocycles. The van der Waals surface area contributed by atoms with E-state index in [2.05, 4.69) is 143 Å². The third kappa shape index (κ3) is 7.77. The molecule has 0 radical (unpaired) electrons. The first kappa shape index (κ1) is 37.6. The summed E-state index contributed by atoms with van der Waals surface area (Å²) in [6.07, 6.45) is 8.50. The second-order valence-electron chi connectivity index (χ2n) is 15.6. The highest BCUT2D eigenvalue weighted by Crippen LogP contribution is 2.29. The van der Waals surface area contributed by atoms with Gasteiger partial charge in [-0.05, 0) is 87.6 Å². The molecule has 0 bridgehead atoms. The quantitative estimate of drug-likeness (QED) is 0.0381. The van der Waals surface area contributed by atoms with Crippen LogP contribution in [0.15, 0.2) is 109 Å². The highest BCUT2D eigenvalue weighted by Gasteiger charge is 2.24. The van der Waals surface area contributed by atoms with Crippen molar-refractivity contribution >= 4 is 66.9 Å². The number of nitrogens with one attached hydrogen (secondary N) is 2. The normalized spacial score (nSPS) is 11.6. The molecule has 0 unspecified atom stereocenters. The third-order valence-corrected chi connectivity index (χ3v) is 11.4. The Hall–Kier alpha value is -6.28. The first-order valence-electron chi connectivity index (χ1n) is 20.5. The fourth-order valence-electron chi connectivity index (χ4n) is 8.11. The van der Waals surface area contributed by atoms with Crippen molar-refractivity contribution in [2.24, 2.45) is 0 Å². The molecule has 8 nitrogen and oxygen atoms in total. The molecule has 0 saturated carbocycles. The van der Waals surface area contributed by atoms with E-state index in [0.717, 1.165) is 115 Å². The summed E-state index contributed by atoms with van der Waals surface area (Å²) >= 11 is 0. The number of unbranched alkanes of at least 4 members (excludes halogenated alkanes) is 6. The summed E-state index contributed by atoms with van der Waals surface area (Å²) in [5, 5.41) is 7.49. The first-order chi connectivity index (χ1) is 27.8. The summed E-state index contributed by atoms with van der Waals surface area (Å²) in [5.41, 5.74) is 31.4. The number of nitrogen functional groups attached to an aromatic ring is 2. The average molecular weight is 755 g/mol. The largest absolute Gasteiger partial charge is 0.398 e. The minimum absolute atomic E-state index is 0.775. The Morgan fingerprint density at radius 3 is 1.49 bits per heavy atom. The number of rotatable bonds is 14. The van der Waals surface area contributed by atoms with Crippen LogP contribution in [0.5, 0.6) is 0 Å². The fourth-order valence-corrected chi connectivity index (χ4v) is 8.11. The van der Waals surface area contributed by atoms with E-state index < -0.39 is 0 Å². The number of fused-ring (bicyclic) bond motifs is 4. The Labute approximate surface area is 335 Å². The third-order valence-electron chi connectivity index (χ3n) is 11.4. The van der Waals surface area contributed by atoms with Gasteiger partial charge < -0.3 is 22.1 Å². The van der Waals surface area contributed by atoms with Gasteiger partial charge in [-0.15, -0.1) is 9.13 Å². The van der Waals surface area contributed by atoms with Crippen LogP contribution in [-0.2, 0) is 0 Å². The predicted molar refractivity (Wildman–Crippen MR) is 239 cm³/mol. The summed E-state index contributed by atoms with van der Waals surface area (Å²) in [5.74, 6) is 0. The lowest BCUT2D eigenvalue weighted by molar-refractivity contribution is -0.538. The molecule has 8 heteroatoms. The van der Waals surface area contributed by atoms with Gasteiger partial charge in [-0.3, -0.25) is 0 Å². The molecule has 0 saturated heterocycles. The lowest BCUT2D eigenvalue weighted by Gasteiger charge is -2.13. The summed E-state index contributed by atoms with van der Waals surface area (Å²) in [6, 6.07) is 38.1. The molecular formula is C49H54N8+2. The van der Waals surface area contributed by atoms with Gasteiger partial charge in [-0.25, -0.2) is 9.97 Å². The van der Waals surface area contributed by atoms with E-state index >= 15 is 0 Å². The van der Waals surface area contributed by atoms with E-state index in [9.17, 15) is 0 Å². The maximum Gasteiger partial charge on any atom is 0.242 e. The number of para-hydroxylation sites is 2. The van der Waals surface area contributed by atoms with Crippen molar-refractivity contribution in [2.75, 3.05) is 35.2 Å². The molecule has 2 heterocycles. The number of hydrogen-bond acceptors (Lipinski definition) is 6. The van der Waals surface area contributed by atoms with Crippen molar-refractivity contribution in [3.05, 3.63) is 131 Å². The lowest BCUT2D eigenvalue weighted by atomic mass is 10.1. The van der Waals surface area contributed by atoms with Crippen LogP contribution in [0.2, 0.25) is 0 Å². The highest BCUT2D eigenvalue weighted by molar-refractivity contribution is 5.89. The van der Waals surface area contributed by atoms with E-state index in [1.165, 1.54) is 43.2 Å². The van der Waals surface area contributed by atoms with Crippen molar-refractivity contribution in [3.8, 4) is 11.4 Å². The van der Waals surface area contributed by atoms with Crippen molar-refractivity contribution in [1.29, 1.82) is 0 Å². The van der Waals surface area contributed by atoms with Gasteiger partial charge in [-0.2, -0.15) is 0 Å². The maximum atomic E-state index is 6.41. The van der Waals surface area contributed by atoms with Crippen molar-refractivity contribution in [1.82, 2.24) is 9.97 Å². The van der Waals surface area contributed by atoms with Crippen LogP contribution >= 0.6 is 0 Å². The van der Waals surface area contributed by atoms with Crippen LogP contribution in [0, 0.1) is 27.7 Å². The zero-order valence-electron chi connectivity index (χ0n) is 33.7. The zero-order chi connectivity index (χ0) is 39.5. The molecule has 6 N–H and O–H groups in total. The molecule has 288 valence electrons. The summed E-state index contributed by atoms with van der Waals surface area (Å²) in [4.78, 5) is 10.1. The Balaban J connectivity index is 0.841. The maximum absolute atomic E-state index is 6.41. The topological polar surface area (TPSA) is 110 Å². The molecule has 8 rings (SSSR count). The van der Waals surface area contributed by atoms with E-state index in [4.69, 9.17) is 21.4 Å². The van der Waals surface area contributed by atoms with Crippen LogP contribution < -0.4 is 31.2 Å². The Morgan fingerprint density at radius 1 is 0.456 bits per heavy atom. The molecule has 57 heavy (non-hydrogen) atoms. The highest BCUT2D eigenvalue weighted by atomic mass is 15.0. The fraction of sp³-hybridized carbons (Fsp3) is 0.265. The van der Waals surface area contributed by atoms with Crippen LogP contribution in [0.3, 0.4) is 0 Å². The van der Waals surface area contributed by atoms with Gasteiger partial charge >= 0.3 is 0 Å². The van der Waals surface area contributed by atoms with Gasteiger partial charge in [0.15, 0.2) is 0 Å². The summed E-state index contributed by atoms with van der Waals surface area (Å²) in [6.45, 7) is 10.3. The molecule has 0 aliphatic heterocycles. The first-order valence-corrected chi connectivity index (χ1v) is 20.5. The van der Waals surface area contributed by atoms with E-state index in [-0.39, 0.29) is 0 Å². The number of aryl methyl sites for hydroxylation is 4. The number of nitrogens with two attached hydrogens (primary N) is 2. The second kappa shape index (κ2) is 16.4. The molecule has 0 fully saturated rings. The number of aromatic nitrogens is 4. The molecule has 0 aliphatic carbocycles. The SMILES string of the molecule is Cc1cc2nc3cc(C)c(NCCCCCCCCCNc4ccc5nc6cc(C)c(N)cc6[n+](-c6ccccc6)c5c4C)cc3[n+](-c3ccccc3)c2cc1N. The van der Waals surface area contributed by atoms with Crippen LogP contribution in [-0.4, -0.2) is 23.1 Å². The monoisotopic (exact) mass is 754 g/mol. The van der Waals surface area contributed by atoms with Crippen molar-refractivity contribution in [3.63, 3.8) is 0 Å². The molecular weight excluding hydrogens is 701 g/mol. The van der Waals surface area contributed by atoms with Gasteiger partial charge in [0.1, 0.15) is 22.1 Å². The zero-order valence-corrected chi connectivity index (χ0v) is 33.7. The number of hydrogen-bond donors (Lipinski definition) is 4. The molecule has 6 aromatic carbocycles. The van der Waals surface area contributed by atoms with Gasteiger partial charge in [0.25, 0.3) is 0 Å². The van der Waals surface area contributed by atoms with Gasteiger partial charge in [0.05, 0.1) is 0 Å². The van der Waals surface area contributed by atoms with Gasteiger partial charge in [0.2, 0.25) is 33.4 Å². The number of benzene rings is 6. The smallest absolute Gasteiger partial charge is 0.242 e. The second-order valence-corrected chi connectivity index (χ2v) is 15.6. The van der Waals surface area contributed by atoms with Crippen LogP contribution in [0.25, 0.3) is 55.5 Å². The van der Waals surface area contributed by atoms with Crippen LogP contribution in [0.1, 0.15) is 67.2 Å². The number of anilines is 4. The average Bonchev–Trinajstić information content (AvgIpc) is 3.21. The van der Waals surface area contributed by atoms with Crippen molar-refractivity contribution in [2.45, 2.75) is 72.6 Å². The summed E-state index contributed by atoms with van der Waals surface area (Å²) < 4.78 is 4.60. The Kier molecular flexibility index (Phi) is 10.9. The van der Waals surface area contributed by atoms with Gasteiger partial charge in [-0.1, -0.05) is 68.5 Å². The number of nitrogens with zero attached hydrogens (tertiary/aromatic N) is 4. The van der Waals surface area contributed by atoms with Gasteiger partial charge in [0, 0.05) is 83.9 Å². The molecule has 0 aliphatic rings. The lowest BCUT2D eigenvalue weighted by Crippen LogP contribution is -2.34. The molecule has 8 aromatic rings. The van der Waals surface area contributed by atoms with Crippen molar-refractivity contribution < 1.29 is 9.13 Å². The van der Waals surface area contributed by atoms with E-state index in [1.54, 1.807) is 0 Å². The van der Waals surface area contributed by atoms with Crippen LogP contribution in [0.4, 0.5) is 22.7 Å².